The van der Waals surface area contributed by atoms with Gasteiger partial charge in [0.15, 0.2) is 0 Å². The van der Waals surface area contributed by atoms with E-state index in [4.69, 9.17) is 5.73 Å². The molecule has 1 rings (SSSR count). The highest BCUT2D eigenvalue weighted by Crippen LogP contribution is 2.15. The lowest BCUT2D eigenvalue weighted by Gasteiger charge is -2.21. The third-order valence-electron chi connectivity index (χ3n) is 5.16. The van der Waals surface area contributed by atoms with Gasteiger partial charge in [-0.1, -0.05) is 70.4 Å². The fourth-order valence-electron chi connectivity index (χ4n) is 3.55. The highest BCUT2D eigenvalue weighted by Gasteiger charge is 2.19. The first kappa shape index (κ1) is 22.4. The summed E-state index contributed by atoms with van der Waals surface area (Å²) < 4.78 is 0. The van der Waals surface area contributed by atoms with Crippen molar-refractivity contribution in [2.75, 3.05) is 19.6 Å². The van der Waals surface area contributed by atoms with Gasteiger partial charge in [0.05, 0.1) is 0 Å². The van der Waals surface area contributed by atoms with Gasteiger partial charge in [-0.15, -0.1) is 0 Å². The lowest BCUT2D eigenvalue weighted by Crippen LogP contribution is -2.34. The Balaban J connectivity index is 1.81. The molecule has 3 nitrogen and oxygen atoms in total. The van der Waals surface area contributed by atoms with Gasteiger partial charge in [-0.2, -0.15) is 0 Å². The zero-order valence-corrected chi connectivity index (χ0v) is 16.8. The van der Waals surface area contributed by atoms with Gasteiger partial charge < -0.3 is 5.73 Å². The normalized spacial score (nSPS) is 17.9. The maximum absolute atomic E-state index is 5.65. The molecular weight excluding hydrogens is 306 g/mol. The van der Waals surface area contributed by atoms with Gasteiger partial charge in [-0.25, -0.2) is 0 Å². The van der Waals surface area contributed by atoms with Crippen LogP contribution < -0.4 is 5.73 Å². The van der Waals surface area contributed by atoms with Crippen LogP contribution in [0.1, 0.15) is 96.8 Å². The van der Waals surface area contributed by atoms with Crippen LogP contribution in [0.2, 0.25) is 0 Å². The first-order chi connectivity index (χ1) is 12.4. The zero-order valence-electron chi connectivity index (χ0n) is 16.8. The molecule has 146 valence electrons. The number of allylic oxidation sites excluding steroid dienone is 2. The van der Waals surface area contributed by atoms with Crippen LogP contribution in [0.3, 0.4) is 0 Å². The molecule has 0 radical (unpaired) electrons. The molecular formula is C22H43N3. The second-order valence-electron chi connectivity index (χ2n) is 7.47. The van der Waals surface area contributed by atoms with Crippen molar-refractivity contribution >= 4 is 6.21 Å². The third kappa shape index (κ3) is 12.3. The minimum atomic E-state index is 0.411. The Hall–Kier alpha value is -0.670. The van der Waals surface area contributed by atoms with Crippen LogP contribution >= 0.6 is 0 Å². The first-order valence-corrected chi connectivity index (χ1v) is 11.0. The summed E-state index contributed by atoms with van der Waals surface area (Å²) in [6, 6.07) is 0. The molecule has 0 bridgehead atoms. The molecule has 1 atom stereocenters. The largest absolute Gasteiger partial charge is 0.329 e. The topological polar surface area (TPSA) is 41.6 Å². The smallest absolute Gasteiger partial charge is 0.102 e. The van der Waals surface area contributed by atoms with Crippen LogP contribution in [0.15, 0.2) is 17.1 Å². The predicted molar refractivity (Wildman–Crippen MR) is 112 cm³/mol. The van der Waals surface area contributed by atoms with Gasteiger partial charge in [0.25, 0.3) is 0 Å². The second kappa shape index (κ2) is 16.8. The van der Waals surface area contributed by atoms with Crippen LogP contribution in [0.25, 0.3) is 0 Å². The molecule has 1 unspecified atom stereocenters. The lowest BCUT2D eigenvalue weighted by atomic mass is 10.1. The van der Waals surface area contributed by atoms with Crippen LogP contribution in [-0.4, -0.2) is 36.9 Å². The summed E-state index contributed by atoms with van der Waals surface area (Å²) in [6.07, 6.45) is 26.2. The summed E-state index contributed by atoms with van der Waals surface area (Å²) in [7, 11) is 0. The van der Waals surface area contributed by atoms with E-state index in [2.05, 4.69) is 35.2 Å². The first-order valence-electron chi connectivity index (χ1n) is 11.0. The summed E-state index contributed by atoms with van der Waals surface area (Å²) in [5.41, 5.74) is 5.65. The van der Waals surface area contributed by atoms with E-state index >= 15 is 0 Å². The van der Waals surface area contributed by atoms with Crippen molar-refractivity contribution in [3.63, 3.8) is 0 Å². The number of aliphatic imine (C=N–C) groups is 1. The average molecular weight is 350 g/mol. The maximum Gasteiger partial charge on any atom is 0.102 e. The van der Waals surface area contributed by atoms with E-state index in [0.29, 0.717) is 6.17 Å². The number of rotatable bonds is 17. The Morgan fingerprint density at radius 3 is 2.16 bits per heavy atom. The van der Waals surface area contributed by atoms with Crippen LogP contribution in [0, 0.1) is 0 Å². The Morgan fingerprint density at radius 1 is 0.920 bits per heavy atom. The van der Waals surface area contributed by atoms with Crippen molar-refractivity contribution in [2.24, 2.45) is 10.7 Å². The van der Waals surface area contributed by atoms with Crippen LogP contribution in [-0.2, 0) is 0 Å². The quantitative estimate of drug-likeness (QED) is 0.270. The Kier molecular flexibility index (Phi) is 15.0. The molecule has 0 aromatic carbocycles. The van der Waals surface area contributed by atoms with Crippen LogP contribution in [0.5, 0.6) is 0 Å². The third-order valence-corrected chi connectivity index (χ3v) is 5.16. The fourth-order valence-corrected chi connectivity index (χ4v) is 3.55. The van der Waals surface area contributed by atoms with Crippen molar-refractivity contribution < 1.29 is 0 Å². The SMILES string of the molecule is CCCCCCCC/C=C/CCCCCCCC1N=CCN1CCN. The highest BCUT2D eigenvalue weighted by molar-refractivity contribution is 5.62. The lowest BCUT2D eigenvalue weighted by molar-refractivity contribution is 0.241. The maximum atomic E-state index is 5.65. The van der Waals surface area contributed by atoms with Gasteiger partial charge in [-0.05, 0) is 38.5 Å². The molecule has 0 aromatic heterocycles. The molecule has 25 heavy (non-hydrogen) atoms. The van der Waals surface area contributed by atoms with E-state index in [1.54, 1.807) is 0 Å². The van der Waals surface area contributed by atoms with Crippen LogP contribution in [0.4, 0.5) is 0 Å². The monoisotopic (exact) mass is 349 g/mol. The molecule has 0 saturated carbocycles. The summed E-state index contributed by atoms with van der Waals surface area (Å²) in [4.78, 5) is 6.97. The molecule has 1 aliphatic heterocycles. The molecule has 0 fully saturated rings. The summed E-state index contributed by atoms with van der Waals surface area (Å²) >= 11 is 0. The number of nitrogens with two attached hydrogens (primary N) is 1. The minimum absolute atomic E-state index is 0.411. The molecule has 0 aliphatic carbocycles. The summed E-state index contributed by atoms with van der Waals surface area (Å²) in [5.74, 6) is 0. The highest BCUT2D eigenvalue weighted by atomic mass is 15.3. The van der Waals surface area contributed by atoms with Crippen molar-refractivity contribution in [2.45, 2.75) is 103 Å². The molecule has 0 aromatic rings. The molecule has 2 N–H and O–H groups in total. The number of nitrogens with zero attached hydrogens (tertiary/aromatic N) is 2. The van der Waals surface area contributed by atoms with E-state index in [-0.39, 0.29) is 0 Å². The Labute approximate surface area is 157 Å². The van der Waals surface area contributed by atoms with E-state index in [9.17, 15) is 0 Å². The molecule has 3 heteroatoms. The number of hydrogen-bond donors (Lipinski definition) is 1. The van der Waals surface area contributed by atoms with Crippen molar-refractivity contribution in [1.29, 1.82) is 0 Å². The Bertz CT molecular complexity index is 338. The average Bonchev–Trinajstić information content (AvgIpc) is 3.06. The van der Waals surface area contributed by atoms with Gasteiger partial charge >= 0.3 is 0 Å². The fraction of sp³-hybridized carbons (Fsp3) is 0.864. The number of hydrogen-bond acceptors (Lipinski definition) is 3. The zero-order chi connectivity index (χ0) is 18.0. The van der Waals surface area contributed by atoms with E-state index in [0.717, 1.165) is 19.6 Å². The molecule has 0 amide bonds. The van der Waals surface area contributed by atoms with Crippen molar-refractivity contribution in [3.05, 3.63) is 12.2 Å². The standard InChI is InChI=1S/C22H43N3/c1-2-3-4-5-6-7-8-9-10-11-12-13-14-15-16-17-22-24-19-21-25(22)20-18-23/h9-10,19,22H,2-8,11-18,20-21,23H2,1H3/b10-9+. The minimum Gasteiger partial charge on any atom is -0.329 e. The van der Waals surface area contributed by atoms with Crippen molar-refractivity contribution in [3.8, 4) is 0 Å². The van der Waals surface area contributed by atoms with Gasteiger partial charge in [-0.3, -0.25) is 9.89 Å². The molecule has 0 saturated heterocycles. The molecule has 1 heterocycles. The second-order valence-corrected chi connectivity index (χ2v) is 7.47. The van der Waals surface area contributed by atoms with E-state index in [1.807, 2.05) is 0 Å². The Morgan fingerprint density at radius 2 is 1.52 bits per heavy atom. The summed E-state index contributed by atoms with van der Waals surface area (Å²) in [6.45, 7) is 5.00. The van der Waals surface area contributed by atoms with E-state index in [1.165, 1.54) is 89.9 Å². The van der Waals surface area contributed by atoms with Gasteiger partial charge in [0.2, 0.25) is 0 Å². The van der Waals surface area contributed by atoms with Gasteiger partial charge in [0, 0.05) is 25.8 Å². The van der Waals surface area contributed by atoms with E-state index < -0.39 is 0 Å². The van der Waals surface area contributed by atoms with Gasteiger partial charge in [0.1, 0.15) is 6.17 Å². The predicted octanol–water partition coefficient (Wildman–Crippen LogP) is 5.70. The summed E-state index contributed by atoms with van der Waals surface area (Å²) in [5, 5.41) is 0. The molecule has 0 spiro atoms. The van der Waals surface area contributed by atoms with Crippen molar-refractivity contribution in [1.82, 2.24) is 4.90 Å². The number of unbranched alkanes of at least 4 members (excludes halogenated alkanes) is 11. The molecule has 1 aliphatic rings.